The third-order valence-electron chi connectivity index (χ3n) is 3.11. The number of amides is 1. The van der Waals surface area contributed by atoms with Crippen LogP contribution in [0.1, 0.15) is 16.1 Å². The summed E-state index contributed by atoms with van der Waals surface area (Å²) in [4.78, 5) is 38.3. The number of ether oxygens (including phenoxy) is 3. The zero-order valence-electron chi connectivity index (χ0n) is 12.8. The lowest BCUT2D eigenvalue weighted by molar-refractivity contribution is -0.385. The van der Waals surface area contributed by atoms with E-state index in [0.717, 1.165) is 17.8 Å². The number of esters is 1. The van der Waals surface area contributed by atoms with Crippen LogP contribution >= 0.6 is 11.3 Å². The van der Waals surface area contributed by atoms with Crippen molar-refractivity contribution in [2.45, 2.75) is 6.92 Å². The Morgan fingerprint density at radius 3 is 2.76 bits per heavy atom. The fourth-order valence-corrected chi connectivity index (χ4v) is 2.73. The molecule has 0 spiro atoms. The molecule has 1 aromatic heterocycles. The van der Waals surface area contributed by atoms with E-state index in [1.807, 2.05) is 0 Å². The molecule has 10 nitrogen and oxygen atoms in total. The minimum absolute atomic E-state index is 0.0966. The zero-order chi connectivity index (χ0) is 18.0. The number of aryl methyl sites for hydroxylation is 1. The van der Waals surface area contributed by atoms with E-state index in [2.05, 4.69) is 10.3 Å². The molecule has 0 radical (unpaired) electrons. The molecule has 11 heteroatoms. The van der Waals surface area contributed by atoms with E-state index in [1.165, 1.54) is 11.3 Å². The molecule has 1 aliphatic rings. The van der Waals surface area contributed by atoms with E-state index < -0.39 is 29.1 Å². The van der Waals surface area contributed by atoms with E-state index in [4.69, 9.17) is 14.2 Å². The van der Waals surface area contributed by atoms with Gasteiger partial charge in [0, 0.05) is 11.4 Å². The Kier molecular flexibility index (Phi) is 4.48. The quantitative estimate of drug-likeness (QED) is 0.483. The number of anilines is 1. The summed E-state index contributed by atoms with van der Waals surface area (Å²) in [5, 5.41) is 15.7. The molecule has 0 fully saturated rings. The lowest BCUT2D eigenvalue weighted by Gasteiger charge is -2.06. The summed E-state index contributed by atoms with van der Waals surface area (Å²) in [7, 11) is 0. The Bertz CT molecular complexity index is 864. The van der Waals surface area contributed by atoms with Crippen molar-refractivity contribution in [1.29, 1.82) is 0 Å². The summed E-state index contributed by atoms with van der Waals surface area (Å²) in [5.41, 5.74) is -0.0781. The second-order valence-electron chi connectivity index (χ2n) is 4.90. The molecule has 130 valence electrons. The number of benzene rings is 1. The van der Waals surface area contributed by atoms with Gasteiger partial charge in [-0.25, -0.2) is 9.78 Å². The molecule has 1 aliphatic heterocycles. The van der Waals surface area contributed by atoms with Gasteiger partial charge in [-0.15, -0.1) is 11.3 Å². The number of carbonyl (C=O) groups excluding carboxylic acids is 2. The summed E-state index contributed by atoms with van der Waals surface area (Å²) in [6.45, 7) is 1.06. The van der Waals surface area contributed by atoms with Gasteiger partial charge < -0.3 is 14.2 Å². The van der Waals surface area contributed by atoms with Gasteiger partial charge in [-0.3, -0.25) is 20.2 Å². The summed E-state index contributed by atoms with van der Waals surface area (Å²) in [6, 6.07) is 2.24. The van der Waals surface area contributed by atoms with Crippen molar-refractivity contribution in [3.8, 4) is 11.5 Å². The molecule has 25 heavy (non-hydrogen) atoms. The number of carbonyl (C=O) groups is 2. The number of nitrogens with zero attached hydrogens (tertiary/aromatic N) is 2. The van der Waals surface area contributed by atoms with Crippen molar-refractivity contribution in [3.05, 3.63) is 38.9 Å². The highest BCUT2D eigenvalue weighted by Crippen LogP contribution is 2.38. The van der Waals surface area contributed by atoms with Crippen LogP contribution in [0.15, 0.2) is 17.5 Å². The molecule has 0 bridgehead atoms. The average molecular weight is 365 g/mol. The maximum Gasteiger partial charge on any atom is 0.345 e. The van der Waals surface area contributed by atoms with Crippen molar-refractivity contribution in [2.24, 2.45) is 0 Å². The van der Waals surface area contributed by atoms with Gasteiger partial charge in [0.25, 0.3) is 11.6 Å². The first-order chi connectivity index (χ1) is 11.9. The maximum absolute atomic E-state index is 12.1. The minimum atomic E-state index is -1.02. The van der Waals surface area contributed by atoms with Gasteiger partial charge in [0.15, 0.2) is 23.2 Å². The second-order valence-corrected chi connectivity index (χ2v) is 5.76. The molecule has 2 aromatic rings. The molecule has 0 atom stereocenters. The number of thiazole rings is 1. The summed E-state index contributed by atoms with van der Waals surface area (Å²) in [5.74, 6) is -1.26. The lowest BCUT2D eigenvalue weighted by atomic mass is 10.1. The fourth-order valence-electron chi connectivity index (χ4n) is 2.02. The molecular weight excluding hydrogens is 354 g/mol. The van der Waals surface area contributed by atoms with E-state index in [0.29, 0.717) is 5.13 Å². The number of nitrogens with one attached hydrogen (secondary N) is 1. The van der Waals surface area contributed by atoms with Gasteiger partial charge in [0.1, 0.15) is 5.56 Å². The van der Waals surface area contributed by atoms with Crippen LogP contribution < -0.4 is 14.8 Å². The molecule has 0 aliphatic carbocycles. The van der Waals surface area contributed by atoms with E-state index in [9.17, 15) is 19.7 Å². The molecular formula is C14H11N3O7S. The molecule has 0 unspecified atom stereocenters. The van der Waals surface area contributed by atoms with Crippen LogP contribution in [0.5, 0.6) is 11.5 Å². The molecule has 1 amide bonds. The molecule has 3 rings (SSSR count). The largest absolute Gasteiger partial charge is 0.454 e. The first-order valence-corrected chi connectivity index (χ1v) is 7.79. The number of aromatic nitrogens is 1. The monoisotopic (exact) mass is 365 g/mol. The number of nitro groups is 1. The van der Waals surface area contributed by atoms with Gasteiger partial charge >= 0.3 is 5.97 Å². The number of nitro benzene ring substituents is 1. The Labute approximate surface area is 144 Å². The van der Waals surface area contributed by atoms with E-state index in [-0.39, 0.29) is 23.9 Å². The third kappa shape index (κ3) is 3.66. The molecule has 0 saturated heterocycles. The number of rotatable bonds is 5. The van der Waals surface area contributed by atoms with Crippen LogP contribution in [-0.2, 0) is 9.53 Å². The summed E-state index contributed by atoms with van der Waals surface area (Å²) >= 11 is 1.23. The van der Waals surface area contributed by atoms with Crippen molar-refractivity contribution >= 4 is 34.0 Å². The van der Waals surface area contributed by atoms with Crippen molar-refractivity contribution in [2.75, 3.05) is 18.7 Å². The highest BCUT2D eigenvalue weighted by atomic mass is 32.1. The van der Waals surface area contributed by atoms with Gasteiger partial charge in [-0.1, -0.05) is 0 Å². The van der Waals surface area contributed by atoms with Gasteiger partial charge in [0.05, 0.1) is 16.7 Å². The summed E-state index contributed by atoms with van der Waals surface area (Å²) < 4.78 is 15.0. The predicted octanol–water partition coefficient (Wildman–Crippen LogP) is 1.88. The van der Waals surface area contributed by atoms with Crippen molar-refractivity contribution in [3.63, 3.8) is 0 Å². The number of hydrogen-bond donors (Lipinski definition) is 1. The smallest absolute Gasteiger partial charge is 0.345 e. The maximum atomic E-state index is 12.1. The van der Waals surface area contributed by atoms with Crippen LogP contribution in [0.4, 0.5) is 10.8 Å². The fraction of sp³-hybridized carbons (Fsp3) is 0.214. The number of fused-ring (bicyclic) bond motifs is 1. The predicted molar refractivity (Wildman–Crippen MR) is 85.0 cm³/mol. The van der Waals surface area contributed by atoms with Gasteiger partial charge in [-0.2, -0.15) is 0 Å². The topological polar surface area (TPSA) is 130 Å². The summed E-state index contributed by atoms with van der Waals surface area (Å²) in [6.07, 6.45) is 0. The Hall–Kier alpha value is -3.21. The standard InChI is InChI=1S/C14H11N3O7S/c1-7-5-25-14(15-7)16-12(18)4-22-13(19)8-2-10-11(24-6-23-10)3-9(8)17(20)21/h2-3,5H,4,6H2,1H3,(H,15,16,18). The Morgan fingerprint density at radius 1 is 1.40 bits per heavy atom. The highest BCUT2D eigenvalue weighted by Gasteiger charge is 2.28. The van der Waals surface area contributed by atoms with Crippen LogP contribution in [0.3, 0.4) is 0 Å². The first kappa shape index (κ1) is 16.6. The van der Waals surface area contributed by atoms with Crippen LogP contribution in [0.2, 0.25) is 0 Å². The van der Waals surface area contributed by atoms with Crippen molar-refractivity contribution < 1.29 is 28.7 Å². The zero-order valence-corrected chi connectivity index (χ0v) is 13.6. The van der Waals surface area contributed by atoms with E-state index in [1.54, 1.807) is 12.3 Å². The third-order valence-corrected chi connectivity index (χ3v) is 3.98. The highest BCUT2D eigenvalue weighted by molar-refractivity contribution is 7.13. The van der Waals surface area contributed by atoms with Gasteiger partial charge in [-0.05, 0) is 6.92 Å². The van der Waals surface area contributed by atoms with Crippen LogP contribution in [-0.4, -0.2) is 35.2 Å². The molecule has 1 aromatic carbocycles. The minimum Gasteiger partial charge on any atom is -0.454 e. The van der Waals surface area contributed by atoms with E-state index >= 15 is 0 Å². The molecule has 1 N–H and O–H groups in total. The molecule has 0 saturated carbocycles. The Morgan fingerprint density at radius 2 is 2.12 bits per heavy atom. The number of hydrogen-bond acceptors (Lipinski definition) is 9. The van der Waals surface area contributed by atoms with Crippen molar-refractivity contribution in [1.82, 2.24) is 4.98 Å². The first-order valence-electron chi connectivity index (χ1n) is 6.91. The van der Waals surface area contributed by atoms with Crippen LogP contribution in [0, 0.1) is 17.0 Å². The Balaban J connectivity index is 1.68. The SMILES string of the molecule is Cc1csc(NC(=O)COC(=O)c2cc3c(cc2[N+](=O)[O-])OCO3)n1. The second kappa shape index (κ2) is 6.73. The average Bonchev–Trinajstić information content (AvgIpc) is 3.19. The van der Waals surface area contributed by atoms with Crippen LogP contribution in [0.25, 0.3) is 0 Å². The molecule has 2 heterocycles. The lowest BCUT2D eigenvalue weighted by Crippen LogP contribution is -2.21. The normalized spacial score (nSPS) is 11.9. The van der Waals surface area contributed by atoms with Gasteiger partial charge in [0.2, 0.25) is 6.79 Å².